The second-order valence-electron chi connectivity index (χ2n) is 5.48. The summed E-state index contributed by atoms with van der Waals surface area (Å²) in [5, 5.41) is 14.9. The Hall–Kier alpha value is -1.10. The van der Waals surface area contributed by atoms with Gasteiger partial charge in [-0.25, -0.2) is 0 Å². The van der Waals surface area contributed by atoms with Gasteiger partial charge in [-0.1, -0.05) is 6.92 Å². The van der Waals surface area contributed by atoms with Crippen molar-refractivity contribution in [1.29, 1.82) is 0 Å². The first-order valence-electron chi connectivity index (χ1n) is 6.67. The molecule has 1 fully saturated rings. The van der Waals surface area contributed by atoms with Gasteiger partial charge in [0.15, 0.2) is 0 Å². The smallest absolute Gasteiger partial charge is 0.306 e. The monoisotopic (exact) mass is 256 g/mol. The molecule has 2 unspecified atom stereocenters. The lowest BCUT2D eigenvalue weighted by Gasteiger charge is -2.32. The molecule has 0 radical (unpaired) electrons. The van der Waals surface area contributed by atoms with E-state index >= 15 is 0 Å². The van der Waals surface area contributed by atoms with Crippen molar-refractivity contribution >= 4 is 11.9 Å². The summed E-state index contributed by atoms with van der Waals surface area (Å²) in [6.45, 7) is 5.94. The molecule has 0 spiro atoms. The van der Waals surface area contributed by atoms with Crippen LogP contribution in [0.25, 0.3) is 0 Å². The minimum atomic E-state index is -0.773. The maximum atomic E-state index is 12.0. The predicted molar refractivity (Wildman–Crippen MR) is 69.3 cm³/mol. The predicted octanol–water partition coefficient (Wildman–Crippen LogP) is 0.993. The van der Waals surface area contributed by atoms with Crippen molar-refractivity contribution in [3.8, 4) is 0 Å². The molecule has 0 bridgehead atoms. The molecule has 5 nitrogen and oxygen atoms in total. The molecule has 2 atom stereocenters. The van der Waals surface area contributed by atoms with Gasteiger partial charge in [0.2, 0.25) is 5.91 Å². The highest BCUT2D eigenvalue weighted by molar-refractivity contribution is 5.82. The maximum Gasteiger partial charge on any atom is 0.306 e. The number of carbonyl (C=O) groups is 2. The third-order valence-corrected chi connectivity index (χ3v) is 3.67. The molecule has 1 aliphatic heterocycles. The van der Waals surface area contributed by atoms with E-state index in [1.807, 2.05) is 6.92 Å². The molecule has 3 N–H and O–H groups in total. The number of amides is 1. The summed E-state index contributed by atoms with van der Waals surface area (Å²) in [7, 11) is 0. The van der Waals surface area contributed by atoms with E-state index in [1.165, 1.54) is 0 Å². The number of hydrogen-bond acceptors (Lipinski definition) is 3. The molecule has 0 aromatic carbocycles. The molecular weight excluding hydrogens is 232 g/mol. The molecule has 18 heavy (non-hydrogen) atoms. The largest absolute Gasteiger partial charge is 0.481 e. The second kappa shape index (κ2) is 6.73. The van der Waals surface area contributed by atoms with Crippen LogP contribution >= 0.6 is 0 Å². The summed E-state index contributed by atoms with van der Waals surface area (Å²) < 4.78 is 0. The van der Waals surface area contributed by atoms with Crippen LogP contribution in [0.3, 0.4) is 0 Å². The van der Waals surface area contributed by atoms with E-state index in [1.54, 1.807) is 6.92 Å². The molecular formula is C13H24N2O3. The Kier molecular flexibility index (Phi) is 5.59. The van der Waals surface area contributed by atoms with E-state index < -0.39 is 5.97 Å². The zero-order valence-corrected chi connectivity index (χ0v) is 11.3. The Morgan fingerprint density at radius 1 is 1.50 bits per heavy atom. The van der Waals surface area contributed by atoms with Gasteiger partial charge in [0.25, 0.3) is 0 Å². The van der Waals surface area contributed by atoms with Crippen LogP contribution in [-0.2, 0) is 9.59 Å². The molecule has 1 aliphatic rings. The van der Waals surface area contributed by atoms with Crippen LogP contribution in [0.5, 0.6) is 0 Å². The van der Waals surface area contributed by atoms with Gasteiger partial charge in [0, 0.05) is 13.1 Å². The molecule has 0 saturated carbocycles. The molecule has 104 valence electrons. The second-order valence-corrected chi connectivity index (χ2v) is 5.48. The van der Waals surface area contributed by atoms with Crippen molar-refractivity contribution < 1.29 is 14.7 Å². The zero-order valence-electron chi connectivity index (χ0n) is 11.3. The van der Waals surface area contributed by atoms with Crippen molar-refractivity contribution in [2.75, 3.05) is 19.6 Å². The fraction of sp³-hybridized carbons (Fsp3) is 0.846. The van der Waals surface area contributed by atoms with Gasteiger partial charge >= 0.3 is 5.97 Å². The fourth-order valence-corrected chi connectivity index (χ4v) is 2.20. The highest BCUT2D eigenvalue weighted by atomic mass is 16.4. The Labute approximate surface area is 108 Å². The minimum absolute atomic E-state index is 0.0812. The van der Waals surface area contributed by atoms with Gasteiger partial charge in [-0.15, -0.1) is 0 Å². The van der Waals surface area contributed by atoms with Gasteiger partial charge in [-0.05, 0) is 39.2 Å². The molecule has 1 amide bonds. The summed E-state index contributed by atoms with van der Waals surface area (Å²) in [4.78, 5) is 22.7. The highest BCUT2D eigenvalue weighted by Gasteiger charge is 2.34. The number of hydrogen-bond donors (Lipinski definition) is 3. The minimum Gasteiger partial charge on any atom is -0.481 e. The Balaban J connectivity index is 2.22. The van der Waals surface area contributed by atoms with E-state index in [4.69, 9.17) is 5.11 Å². The van der Waals surface area contributed by atoms with Crippen LogP contribution in [0, 0.1) is 11.3 Å². The summed E-state index contributed by atoms with van der Waals surface area (Å²) in [5.74, 6) is -1.03. The Morgan fingerprint density at radius 2 is 2.22 bits per heavy atom. The molecule has 0 aliphatic carbocycles. The highest BCUT2D eigenvalue weighted by Crippen LogP contribution is 2.25. The number of nitrogens with one attached hydrogen (secondary N) is 2. The van der Waals surface area contributed by atoms with Crippen LogP contribution in [0.1, 0.15) is 39.5 Å². The van der Waals surface area contributed by atoms with Crippen LogP contribution < -0.4 is 10.6 Å². The van der Waals surface area contributed by atoms with Gasteiger partial charge < -0.3 is 15.7 Å². The van der Waals surface area contributed by atoms with E-state index in [0.717, 1.165) is 25.9 Å². The number of rotatable bonds is 6. The summed E-state index contributed by atoms with van der Waals surface area (Å²) in [6, 6.07) is 0. The zero-order chi connectivity index (χ0) is 13.6. The van der Waals surface area contributed by atoms with Crippen molar-refractivity contribution in [1.82, 2.24) is 10.6 Å². The number of aliphatic carboxylic acids is 1. The van der Waals surface area contributed by atoms with Gasteiger partial charge in [0.1, 0.15) is 0 Å². The van der Waals surface area contributed by atoms with Gasteiger partial charge in [-0.3, -0.25) is 9.59 Å². The first-order chi connectivity index (χ1) is 8.46. The van der Waals surface area contributed by atoms with Gasteiger partial charge in [0.05, 0.1) is 11.3 Å². The third-order valence-electron chi connectivity index (χ3n) is 3.67. The molecule has 1 saturated heterocycles. The number of carboxylic acids is 1. The van der Waals surface area contributed by atoms with E-state index in [0.29, 0.717) is 19.4 Å². The average Bonchev–Trinajstić information content (AvgIpc) is 2.34. The quantitative estimate of drug-likeness (QED) is 0.619. The number of piperidine rings is 1. The molecule has 1 rings (SSSR count). The first kappa shape index (κ1) is 15.0. The third kappa shape index (κ3) is 4.29. The van der Waals surface area contributed by atoms with Crippen LogP contribution in [-0.4, -0.2) is 36.6 Å². The van der Waals surface area contributed by atoms with E-state index in [-0.39, 0.29) is 17.2 Å². The first-order valence-corrected chi connectivity index (χ1v) is 6.67. The van der Waals surface area contributed by atoms with Crippen molar-refractivity contribution in [2.45, 2.75) is 39.5 Å². The van der Waals surface area contributed by atoms with Crippen LogP contribution in [0.4, 0.5) is 0 Å². The van der Waals surface area contributed by atoms with Crippen molar-refractivity contribution in [2.24, 2.45) is 11.3 Å². The van der Waals surface area contributed by atoms with E-state index in [9.17, 15) is 9.59 Å². The van der Waals surface area contributed by atoms with Crippen molar-refractivity contribution in [3.63, 3.8) is 0 Å². The number of carboxylic acid groups (broad SMARTS) is 1. The number of carbonyl (C=O) groups excluding carboxylic acids is 1. The molecule has 1 heterocycles. The molecule has 5 heteroatoms. The summed E-state index contributed by atoms with van der Waals surface area (Å²) in [5.41, 5.74) is -0.309. The average molecular weight is 256 g/mol. The van der Waals surface area contributed by atoms with Crippen LogP contribution in [0.15, 0.2) is 0 Å². The molecule has 0 aromatic rings. The lowest BCUT2D eigenvalue weighted by atomic mass is 9.82. The standard InChI is InChI=1S/C13H24N2O3/c1-10(11(16)17)5-3-8-15-12(18)13(2)6-4-7-14-9-13/h10,14H,3-9H2,1-2H3,(H,15,18)(H,16,17). The lowest BCUT2D eigenvalue weighted by Crippen LogP contribution is -2.48. The molecule has 0 aromatic heterocycles. The fourth-order valence-electron chi connectivity index (χ4n) is 2.20. The van der Waals surface area contributed by atoms with Crippen LogP contribution in [0.2, 0.25) is 0 Å². The van der Waals surface area contributed by atoms with E-state index in [2.05, 4.69) is 10.6 Å². The summed E-state index contributed by atoms with van der Waals surface area (Å²) in [6.07, 6.45) is 3.25. The van der Waals surface area contributed by atoms with Gasteiger partial charge in [-0.2, -0.15) is 0 Å². The SMILES string of the molecule is CC(CCCNC(=O)C1(C)CCCNC1)C(=O)O. The van der Waals surface area contributed by atoms with Crippen molar-refractivity contribution in [3.05, 3.63) is 0 Å². The Bertz CT molecular complexity index is 299. The summed E-state index contributed by atoms with van der Waals surface area (Å²) >= 11 is 0. The Morgan fingerprint density at radius 3 is 2.78 bits per heavy atom. The maximum absolute atomic E-state index is 12.0. The lowest BCUT2D eigenvalue weighted by molar-refractivity contribution is -0.141. The normalized spacial score (nSPS) is 25.4. The topological polar surface area (TPSA) is 78.4 Å².